The molecular formula is C17H29N. The van der Waals surface area contributed by atoms with Gasteiger partial charge in [-0.25, -0.2) is 0 Å². The first-order chi connectivity index (χ1) is 8.36. The number of hydrogen-bond donors (Lipinski definition) is 1. The second-order valence-corrected chi connectivity index (χ2v) is 5.39. The fraction of sp³-hybridized carbons (Fsp3) is 0.529. The lowest BCUT2D eigenvalue weighted by Crippen LogP contribution is -2.29. The lowest BCUT2D eigenvalue weighted by atomic mass is 10.0. The van der Waals surface area contributed by atoms with Crippen LogP contribution >= 0.6 is 0 Å². The first-order valence-electron chi connectivity index (χ1n) is 6.73. The zero-order valence-electron chi connectivity index (χ0n) is 12.4. The van der Waals surface area contributed by atoms with E-state index in [1.54, 1.807) is 0 Å². The first kappa shape index (κ1) is 16.8. The summed E-state index contributed by atoms with van der Waals surface area (Å²) in [5.74, 6) is 0.544. The van der Waals surface area contributed by atoms with E-state index >= 15 is 0 Å². The third-order valence-corrected chi connectivity index (χ3v) is 3.14. The number of allylic oxidation sites excluding steroid dienone is 3. The van der Waals surface area contributed by atoms with Crippen molar-refractivity contribution in [1.82, 2.24) is 5.32 Å². The molecule has 0 aromatic carbocycles. The molecule has 0 radical (unpaired) electrons. The van der Waals surface area contributed by atoms with Gasteiger partial charge in [-0.2, -0.15) is 0 Å². The quantitative estimate of drug-likeness (QED) is 0.536. The fourth-order valence-corrected chi connectivity index (χ4v) is 1.67. The van der Waals surface area contributed by atoms with E-state index in [4.69, 9.17) is 0 Å². The van der Waals surface area contributed by atoms with Crippen molar-refractivity contribution < 1.29 is 0 Å². The topological polar surface area (TPSA) is 12.0 Å². The van der Waals surface area contributed by atoms with E-state index in [1.165, 1.54) is 5.57 Å². The molecule has 1 unspecified atom stereocenters. The molecular weight excluding hydrogens is 218 g/mol. The Balaban J connectivity index is 4.15. The molecule has 0 fully saturated rings. The highest BCUT2D eigenvalue weighted by molar-refractivity contribution is 5.08. The third kappa shape index (κ3) is 7.94. The Labute approximate surface area is 113 Å². The van der Waals surface area contributed by atoms with E-state index in [0.29, 0.717) is 12.0 Å². The summed E-state index contributed by atoms with van der Waals surface area (Å²) in [6.45, 7) is 22.2. The van der Waals surface area contributed by atoms with Crippen LogP contribution in [0.5, 0.6) is 0 Å². The van der Waals surface area contributed by atoms with Crippen LogP contribution in [0, 0.1) is 5.92 Å². The van der Waals surface area contributed by atoms with Gasteiger partial charge >= 0.3 is 0 Å². The van der Waals surface area contributed by atoms with Crippen LogP contribution in [0.2, 0.25) is 0 Å². The summed E-state index contributed by atoms with van der Waals surface area (Å²) in [6, 6.07) is 0.313. The van der Waals surface area contributed by atoms with E-state index in [0.717, 1.165) is 37.0 Å². The molecule has 0 bridgehead atoms. The molecule has 18 heavy (non-hydrogen) atoms. The van der Waals surface area contributed by atoms with Gasteiger partial charge in [0, 0.05) is 11.7 Å². The Hall–Kier alpha value is -1.24. The van der Waals surface area contributed by atoms with Crippen molar-refractivity contribution in [3.63, 3.8) is 0 Å². The molecule has 0 saturated carbocycles. The molecule has 0 aliphatic rings. The van der Waals surface area contributed by atoms with Crippen molar-refractivity contribution in [2.24, 2.45) is 5.92 Å². The van der Waals surface area contributed by atoms with Gasteiger partial charge in [0.05, 0.1) is 0 Å². The summed E-state index contributed by atoms with van der Waals surface area (Å²) in [7, 11) is 0. The molecule has 1 heteroatoms. The van der Waals surface area contributed by atoms with Gasteiger partial charge in [-0.15, -0.1) is 13.2 Å². The van der Waals surface area contributed by atoms with Crippen molar-refractivity contribution in [3.05, 3.63) is 49.2 Å². The summed E-state index contributed by atoms with van der Waals surface area (Å²) in [4.78, 5) is 0. The van der Waals surface area contributed by atoms with E-state index < -0.39 is 0 Å². The van der Waals surface area contributed by atoms with Crippen LogP contribution in [-0.4, -0.2) is 6.04 Å². The van der Waals surface area contributed by atoms with Crippen LogP contribution in [0.25, 0.3) is 0 Å². The number of nitrogens with one attached hydrogen (secondary N) is 1. The maximum atomic E-state index is 4.10. The largest absolute Gasteiger partial charge is 0.382 e. The van der Waals surface area contributed by atoms with Gasteiger partial charge in [-0.3, -0.25) is 0 Å². The molecule has 1 nitrogen and oxygen atoms in total. The maximum absolute atomic E-state index is 4.10. The van der Waals surface area contributed by atoms with Crippen LogP contribution in [0.15, 0.2) is 49.2 Å². The predicted molar refractivity (Wildman–Crippen MR) is 83.5 cm³/mol. The Kier molecular flexibility index (Phi) is 8.19. The van der Waals surface area contributed by atoms with Gasteiger partial charge in [-0.1, -0.05) is 37.3 Å². The summed E-state index contributed by atoms with van der Waals surface area (Å²) in [5, 5.41) is 3.48. The molecule has 2 atom stereocenters. The molecule has 102 valence electrons. The van der Waals surface area contributed by atoms with Crippen molar-refractivity contribution >= 4 is 0 Å². The Morgan fingerprint density at radius 3 is 2.17 bits per heavy atom. The number of rotatable bonds is 10. The van der Waals surface area contributed by atoms with E-state index in [1.807, 2.05) is 6.08 Å². The zero-order valence-corrected chi connectivity index (χ0v) is 12.4. The standard InChI is InChI=1S/C17H29N/c1-8-15(6)10-11-16(7)18-17(14(4)5)12-9-13(2)3/h8,15,17-18H,1-2,4,7,9-12H2,3,5-6H3/t15?,17-/m0/s1. The van der Waals surface area contributed by atoms with Gasteiger partial charge in [0.2, 0.25) is 0 Å². The smallest absolute Gasteiger partial charge is 0.0468 e. The molecule has 0 heterocycles. The van der Waals surface area contributed by atoms with Crippen molar-refractivity contribution in [2.45, 2.75) is 52.5 Å². The first-order valence-corrected chi connectivity index (χ1v) is 6.73. The average Bonchev–Trinajstić information content (AvgIpc) is 2.30. The molecule has 0 aromatic rings. The third-order valence-electron chi connectivity index (χ3n) is 3.14. The minimum atomic E-state index is 0.313. The van der Waals surface area contributed by atoms with Crippen LogP contribution in [0.1, 0.15) is 46.5 Å². The Morgan fingerprint density at radius 2 is 1.72 bits per heavy atom. The highest BCUT2D eigenvalue weighted by Gasteiger charge is 2.10. The van der Waals surface area contributed by atoms with Crippen molar-refractivity contribution in [1.29, 1.82) is 0 Å². The Bertz CT molecular complexity index is 312. The summed E-state index contributed by atoms with van der Waals surface area (Å²) in [6.07, 6.45) is 6.15. The molecule has 0 aromatic heterocycles. The lowest BCUT2D eigenvalue weighted by Gasteiger charge is -2.22. The van der Waals surface area contributed by atoms with Crippen LogP contribution in [0.4, 0.5) is 0 Å². The fourth-order valence-electron chi connectivity index (χ4n) is 1.67. The molecule has 0 amide bonds. The van der Waals surface area contributed by atoms with E-state index in [2.05, 4.69) is 52.4 Å². The minimum Gasteiger partial charge on any atom is -0.382 e. The van der Waals surface area contributed by atoms with Crippen molar-refractivity contribution in [2.75, 3.05) is 0 Å². The maximum Gasteiger partial charge on any atom is 0.0468 e. The molecule has 1 N–H and O–H groups in total. The van der Waals surface area contributed by atoms with Gasteiger partial charge in [-0.05, 0) is 45.4 Å². The van der Waals surface area contributed by atoms with Crippen LogP contribution in [-0.2, 0) is 0 Å². The summed E-state index contributed by atoms with van der Waals surface area (Å²) >= 11 is 0. The Morgan fingerprint density at radius 1 is 1.11 bits per heavy atom. The molecule has 0 aliphatic carbocycles. The van der Waals surface area contributed by atoms with Gasteiger partial charge < -0.3 is 5.32 Å². The molecule has 0 rings (SSSR count). The molecule has 0 saturated heterocycles. The van der Waals surface area contributed by atoms with Gasteiger partial charge in [0.1, 0.15) is 0 Å². The summed E-state index contributed by atoms with van der Waals surface area (Å²) in [5.41, 5.74) is 3.47. The minimum absolute atomic E-state index is 0.313. The SMILES string of the molecule is C=CC(C)CCC(=C)N[C@@H](CCC(=C)C)C(=C)C. The van der Waals surface area contributed by atoms with Gasteiger partial charge in [0.25, 0.3) is 0 Å². The zero-order chi connectivity index (χ0) is 14.1. The second kappa shape index (κ2) is 8.79. The van der Waals surface area contributed by atoms with E-state index in [-0.39, 0.29) is 0 Å². The predicted octanol–water partition coefficient (Wildman–Crippen LogP) is 4.99. The van der Waals surface area contributed by atoms with E-state index in [9.17, 15) is 0 Å². The highest BCUT2D eigenvalue weighted by atomic mass is 14.9. The summed E-state index contributed by atoms with van der Waals surface area (Å²) < 4.78 is 0. The van der Waals surface area contributed by atoms with Crippen LogP contribution in [0.3, 0.4) is 0 Å². The average molecular weight is 247 g/mol. The van der Waals surface area contributed by atoms with Crippen molar-refractivity contribution in [3.8, 4) is 0 Å². The van der Waals surface area contributed by atoms with Gasteiger partial charge in [0.15, 0.2) is 0 Å². The van der Waals surface area contributed by atoms with Crippen LogP contribution < -0.4 is 5.32 Å². The molecule has 0 spiro atoms. The second-order valence-electron chi connectivity index (χ2n) is 5.39. The molecule has 0 aliphatic heterocycles. The monoisotopic (exact) mass is 247 g/mol. The highest BCUT2D eigenvalue weighted by Crippen LogP contribution is 2.15. The lowest BCUT2D eigenvalue weighted by molar-refractivity contribution is 0.552. The normalized spacial score (nSPS) is 13.5. The number of hydrogen-bond acceptors (Lipinski definition) is 1.